The Kier molecular flexibility index (Phi) is 9.49. The number of fused-ring (bicyclic) bond motifs is 2. The molecule has 4 aromatic heterocycles. The maximum absolute atomic E-state index is 16.0. The fourth-order valence-electron chi connectivity index (χ4n) is 5.04. The van der Waals surface area contributed by atoms with Crippen LogP contribution in [-0.4, -0.2) is 94.9 Å². The molecule has 0 unspecified atom stereocenters. The van der Waals surface area contributed by atoms with Crippen LogP contribution in [-0.2, 0) is 36.9 Å². The maximum Gasteiger partial charge on any atom is 0.386 e. The van der Waals surface area contributed by atoms with E-state index in [1.165, 1.54) is 34.4 Å². The lowest BCUT2D eigenvalue weighted by Gasteiger charge is -2.24. The molecule has 18 nitrogen and oxygen atoms in total. The number of hydrogen-bond acceptors (Lipinski definition) is 17. The van der Waals surface area contributed by atoms with Crippen molar-refractivity contribution in [3.8, 4) is 0 Å². The van der Waals surface area contributed by atoms with Gasteiger partial charge >= 0.3 is 15.5 Å². The van der Waals surface area contributed by atoms with E-state index < -0.39 is 71.3 Å². The first-order chi connectivity index (χ1) is 21.6. The number of halogens is 2. The second-order valence-corrected chi connectivity index (χ2v) is 13.2. The highest BCUT2D eigenvalue weighted by atomic mass is 32.7. The lowest BCUT2D eigenvalue weighted by molar-refractivity contribution is -0.0566. The van der Waals surface area contributed by atoms with E-state index in [1.54, 1.807) is 0 Å². The maximum atomic E-state index is 16.0. The predicted molar refractivity (Wildman–Crippen MR) is 157 cm³/mol. The van der Waals surface area contributed by atoms with Gasteiger partial charge in [0.15, 0.2) is 47.7 Å². The van der Waals surface area contributed by atoms with E-state index >= 15 is 8.78 Å². The zero-order chi connectivity index (χ0) is 31.9. The van der Waals surface area contributed by atoms with Gasteiger partial charge in [0.2, 0.25) is 0 Å². The molecular weight excluding hydrogens is 684 g/mol. The summed E-state index contributed by atoms with van der Waals surface area (Å²) in [5.41, 5.74) is 12.4. The number of hydrogen-bond donors (Lipinski definition) is 4. The van der Waals surface area contributed by atoms with Crippen LogP contribution in [0.25, 0.3) is 22.3 Å². The van der Waals surface area contributed by atoms with Crippen LogP contribution in [0.3, 0.4) is 0 Å². The normalized spacial score (nSPS) is 30.0. The molecule has 242 valence electrons. The molecule has 0 amide bonds. The highest BCUT2D eigenvalue weighted by Gasteiger charge is 2.52. The number of alkyl halides is 2. The fraction of sp³-hybridized carbons (Fsp3) is 0.524. The second kappa shape index (κ2) is 13.2. The van der Waals surface area contributed by atoms with E-state index in [-0.39, 0.29) is 46.5 Å². The van der Waals surface area contributed by atoms with Crippen molar-refractivity contribution in [3.63, 3.8) is 0 Å². The van der Waals surface area contributed by atoms with Crippen LogP contribution in [0.15, 0.2) is 25.3 Å². The minimum Gasteiger partial charge on any atom is -0.382 e. The number of aromatic nitrogens is 8. The molecule has 4 aromatic rings. The summed E-state index contributed by atoms with van der Waals surface area (Å²) in [5.74, 6) is 0.108. The minimum absolute atomic E-state index is 0.0309. The average molecular weight is 709 g/mol. The molecule has 4 N–H and O–H groups in total. The second-order valence-electron chi connectivity index (χ2n) is 9.66. The first-order valence-electron chi connectivity index (χ1n) is 12.9. The number of nitrogens with zero attached hydrogens (tertiary/aromatic N) is 8. The van der Waals surface area contributed by atoms with Crippen LogP contribution in [0.2, 0.25) is 0 Å². The molecule has 0 aromatic carbocycles. The molecule has 2 fully saturated rings. The van der Waals surface area contributed by atoms with Gasteiger partial charge in [-0.05, 0) is 0 Å². The number of ether oxygens (including phenoxy) is 3. The zero-order valence-corrected chi connectivity index (χ0v) is 26.2. The Balaban J connectivity index is 1.18. The Morgan fingerprint density at radius 3 is 1.96 bits per heavy atom. The first-order valence-corrected chi connectivity index (χ1v) is 17.0. The molecule has 0 spiro atoms. The van der Waals surface area contributed by atoms with E-state index in [0.29, 0.717) is 0 Å². The third-order valence-electron chi connectivity index (χ3n) is 7.05. The summed E-state index contributed by atoms with van der Waals surface area (Å²) in [5, 5.41) is 0. The smallest absolute Gasteiger partial charge is 0.382 e. The van der Waals surface area contributed by atoms with Gasteiger partial charge in [-0.15, -0.1) is 0 Å². The molecule has 9 atom stereocenters. The first kappa shape index (κ1) is 32.3. The molecule has 0 aliphatic carbocycles. The highest BCUT2D eigenvalue weighted by molar-refractivity contribution is 8.44. The lowest BCUT2D eigenvalue weighted by Crippen LogP contribution is -2.34. The van der Waals surface area contributed by atoms with Gasteiger partial charge in [-0.25, -0.2) is 47.8 Å². The number of rotatable bonds is 12. The van der Waals surface area contributed by atoms with Gasteiger partial charge < -0.3 is 25.7 Å². The molecule has 2 saturated heterocycles. The molecule has 45 heavy (non-hydrogen) atoms. The molecule has 6 heterocycles. The van der Waals surface area contributed by atoms with Gasteiger partial charge in [-0.1, -0.05) is 12.2 Å². The van der Waals surface area contributed by atoms with E-state index in [4.69, 9.17) is 39.2 Å². The van der Waals surface area contributed by atoms with Crippen LogP contribution in [0.4, 0.5) is 20.4 Å². The largest absolute Gasteiger partial charge is 0.386 e. The predicted octanol–water partition coefficient (Wildman–Crippen LogP) is 2.24. The summed E-state index contributed by atoms with van der Waals surface area (Å²) < 4.78 is 91.7. The zero-order valence-electron chi connectivity index (χ0n) is 22.6. The van der Waals surface area contributed by atoms with Crippen LogP contribution in [0.1, 0.15) is 12.5 Å². The van der Waals surface area contributed by atoms with Gasteiger partial charge in [0, 0.05) is 0 Å². The Labute approximate surface area is 263 Å². The van der Waals surface area contributed by atoms with E-state index in [9.17, 15) is 9.13 Å². The molecule has 24 heteroatoms. The molecular formula is C21H24F2N10O8P2S2. The molecule has 2 aliphatic heterocycles. The third kappa shape index (κ3) is 6.23. The van der Waals surface area contributed by atoms with Crippen molar-refractivity contribution in [2.45, 2.75) is 49.2 Å². The number of nitrogens with two attached hydrogens (primary N) is 2. The topological polar surface area (TPSA) is 229 Å². The number of thiol groups is 2. The Hall–Kier alpha value is -2.65. The fourth-order valence-corrected chi connectivity index (χ4v) is 6.98. The minimum atomic E-state index is -4.42. The standard InChI is InChI=1S/C21H24F2N10O8P2S2/c22-10-14(40-42-34)9(39-20(10)32-5-30-12-16(24)26-3-28-18(12)32)2-37-43(35,45)41-15-8(1-36-7-44)38-21(11(15)23)33-6-31-13-17(25)27-4-29-19(13)33/h3-6,8-11,14-15,20-21,44H,1-2,7H2,(H,35,45)(H2,24,26,28)(H2,25,27,29)/t8-,9-,10-,11-,14-,15-,20-,21-,43-/m1/s1. The molecule has 0 radical (unpaired) electrons. The van der Waals surface area contributed by atoms with Gasteiger partial charge in [0.1, 0.15) is 48.1 Å². The summed E-state index contributed by atoms with van der Waals surface area (Å²) in [4.78, 5) is 24.1. The Bertz CT molecular complexity index is 1740. The molecule has 0 bridgehead atoms. The van der Waals surface area contributed by atoms with E-state index in [2.05, 4.69) is 54.8 Å². The quantitative estimate of drug-likeness (QED) is 0.0940. The van der Waals surface area contributed by atoms with Crippen molar-refractivity contribution in [1.82, 2.24) is 39.0 Å². The molecule has 6 rings (SSSR count). The number of imidazole rings is 2. The van der Waals surface area contributed by atoms with Crippen LogP contribution in [0, 0.1) is 0 Å². The van der Waals surface area contributed by atoms with Crippen molar-refractivity contribution in [3.05, 3.63) is 25.3 Å². The summed E-state index contributed by atoms with van der Waals surface area (Å²) >= 11 is 8.00. The lowest BCUT2D eigenvalue weighted by atomic mass is 10.1. The Morgan fingerprint density at radius 1 is 0.889 bits per heavy atom. The van der Waals surface area contributed by atoms with Crippen molar-refractivity contribution in [2.24, 2.45) is 0 Å². The van der Waals surface area contributed by atoms with Gasteiger partial charge in [0.25, 0.3) is 0 Å². The van der Waals surface area contributed by atoms with Crippen molar-refractivity contribution in [2.75, 3.05) is 30.6 Å². The summed E-state index contributed by atoms with van der Waals surface area (Å²) in [6, 6.07) is 0. The van der Waals surface area contributed by atoms with Crippen molar-refractivity contribution < 1.29 is 45.7 Å². The highest BCUT2D eigenvalue weighted by Crippen LogP contribution is 2.57. The Morgan fingerprint density at radius 2 is 1.42 bits per heavy atom. The SMILES string of the molecule is Nc1ncnc2c1ncn2[C@@H]1O[C@H](CO[P@@](=O)(S)O[C@H]2[C@@H](F)[C@H](n3cnc4c(N)ncnc43)O[C@@H]2COCS)[C@@H](OP=O)[C@H]1F. The van der Waals surface area contributed by atoms with Crippen molar-refractivity contribution >= 4 is 74.3 Å². The third-order valence-corrected chi connectivity index (χ3v) is 9.18. The molecule has 2 aliphatic rings. The van der Waals surface area contributed by atoms with E-state index in [0.717, 1.165) is 0 Å². The summed E-state index contributed by atoms with van der Waals surface area (Å²) in [6.45, 7) is -5.25. The molecule has 0 saturated carbocycles. The van der Waals surface area contributed by atoms with Gasteiger partial charge in [-0.2, -0.15) is 12.6 Å². The van der Waals surface area contributed by atoms with Crippen molar-refractivity contribution in [1.29, 1.82) is 0 Å². The van der Waals surface area contributed by atoms with Crippen LogP contribution in [0.5, 0.6) is 0 Å². The van der Waals surface area contributed by atoms with E-state index in [1.807, 2.05) is 0 Å². The van der Waals surface area contributed by atoms with Gasteiger partial charge in [0.05, 0.1) is 31.8 Å². The van der Waals surface area contributed by atoms with Crippen LogP contribution >= 0.6 is 40.4 Å². The average Bonchev–Trinajstić information content (AvgIpc) is 3.77. The monoisotopic (exact) mass is 708 g/mol. The number of nitrogen functional groups attached to an aromatic ring is 2. The summed E-state index contributed by atoms with van der Waals surface area (Å²) in [7, 11) is -0.854. The van der Waals surface area contributed by atoms with Gasteiger partial charge in [-0.3, -0.25) is 22.7 Å². The summed E-state index contributed by atoms with van der Waals surface area (Å²) in [6.07, 6.45) is -7.14. The van der Waals surface area contributed by atoms with Crippen LogP contribution < -0.4 is 11.5 Å². The number of anilines is 2.